The third-order valence-corrected chi connectivity index (χ3v) is 3.82. The molecule has 3 N–H and O–H groups in total. The number of nitrogens with two attached hydrogens (primary N) is 1. The van der Waals surface area contributed by atoms with Gasteiger partial charge in [-0.05, 0) is 32.1 Å². The molecule has 0 bridgehead atoms. The van der Waals surface area contributed by atoms with E-state index in [0.29, 0.717) is 6.42 Å². The van der Waals surface area contributed by atoms with Crippen LogP contribution < -0.4 is 5.73 Å². The predicted molar refractivity (Wildman–Crippen MR) is 90.0 cm³/mol. The summed E-state index contributed by atoms with van der Waals surface area (Å²) >= 11 is 0. The Morgan fingerprint density at radius 3 is 1.90 bits per heavy atom. The highest BCUT2D eigenvalue weighted by atomic mass is 16.3. The van der Waals surface area contributed by atoms with Crippen LogP contribution in [0.5, 0.6) is 0 Å². The summed E-state index contributed by atoms with van der Waals surface area (Å²) in [6.07, 6.45) is 19.0. The van der Waals surface area contributed by atoms with E-state index >= 15 is 0 Å². The average molecular weight is 297 g/mol. The van der Waals surface area contributed by atoms with Crippen LogP contribution in [0.1, 0.15) is 90.4 Å². The third kappa shape index (κ3) is 15.4. The van der Waals surface area contributed by atoms with Crippen molar-refractivity contribution in [1.82, 2.24) is 0 Å². The van der Waals surface area contributed by atoms with E-state index in [1.54, 1.807) is 0 Å². The van der Waals surface area contributed by atoms with Gasteiger partial charge in [0, 0.05) is 0 Å². The largest absolute Gasteiger partial charge is 0.383 e. The lowest BCUT2D eigenvalue weighted by Crippen LogP contribution is -2.27. The second-order valence-electron chi connectivity index (χ2n) is 5.94. The van der Waals surface area contributed by atoms with Crippen molar-refractivity contribution in [3.63, 3.8) is 0 Å². The second kappa shape index (κ2) is 15.6. The van der Waals surface area contributed by atoms with Gasteiger partial charge in [-0.15, -0.1) is 0 Å². The van der Waals surface area contributed by atoms with Crippen LogP contribution in [-0.4, -0.2) is 17.1 Å². The normalized spacial score (nSPS) is 12.9. The van der Waals surface area contributed by atoms with Crippen molar-refractivity contribution < 1.29 is 9.90 Å². The third-order valence-electron chi connectivity index (χ3n) is 3.82. The van der Waals surface area contributed by atoms with Gasteiger partial charge in [0.15, 0.2) is 0 Å². The van der Waals surface area contributed by atoms with Crippen LogP contribution >= 0.6 is 0 Å². The Hall–Kier alpha value is -0.830. The zero-order valence-corrected chi connectivity index (χ0v) is 13.9. The molecule has 0 aromatic heterocycles. The molecule has 3 nitrogen and oxygen atoms in total. The number of hydrogen-bond donors (Lipinski definition) is 2. The molecule has 0 saturated heterocycles. The van der Waals surface area contributed by atoms with Crippen molar-refractivity contribution in [2.75, 3.05) is 0 Å². The van der Waals surface area contributed by atoms with Gasteiger partial charge in [-0.2, -0.15) is 0 Å². The molecule has 1 amide bonds. The van der Waals surface area contributed by atoms with E-state index in [0.717, 1.165) is 25.7 Å². The molecule has 0 aliphatic heterocycles. The highest BCUT2D eigenvalue weighted by Crippen LogP contribution is 2.09. The highest BCUT2D eigenvalue weighted by Gasteiger charge is 2.08. The van der Waals surface area contributed by atoms with Crippen LogP contribution in [0.3, 0.4) is 0 Å². The van der Waals surface area contributed by atoms with Gasteiger partial charge in [0.2, 0.25) is 5.91 Å². The lowest BCUT2D eigenvalue weighted by molar-refractivity contribution is -0.126. The fourth-order valence-corrected chi connectivity index (χ4v) is 2.37. The molecule has 0 aliphatic rings. The first-order valence-corrected chi connectivity index (χ1v) is 8.80. The monoisotopic (exact) mass is 297 g/mol. The summed E-state index contributed by atoms with van der Waals surface area (Å²) in [5.41, 5.74) is 4.99. The van der Waals surface area contributed by atoms with Crippen molar-refractivity contribution in [2.45, 2.75) is 96.5 Å². The Morgan fingerprint density at radius 1 is 0.905 bits per heavy atom. The van der Waals surface area contributed by atoms with Crippen LogP contribution in [0.25, 0.3) is 0 Å². The smallest absolute Gasteiger partial charge is 0.246 e. The van der Waals surface area contributed by atoms with Gasteiger partial charge in [0.05, 0.1) is 0 Å². The van der Waals surface area contributed by atoms with E-state index in [2.05, 4.69) is 19.1 Å². The van der Waals surface area contributed by atoms with E-state index in [1.807, 2.05) is 0 Å². The zero-order chi connectivity index (χ0) is 15.8. The number of rotatable bonds is 15. The van der Waals surface area contributed by atoms with Gasteiger partial charge in [0.25, 0.3) is 0 Å². The van der Waals surface area contributed by atoms with Crippen molar-refractivity contribution in [1.29, 1.82) is 0 Å². The Balaban J connectivity index is 3.17. The van der Waals surface area contributed by atoms with E-state index in [9.17, 15) is 9.90 Å². The maximum atomic E-state index is 10.6. The Bertz CT molecular complexity index is 264. The molecule has 0 rings (SSSR count). The number of unbranched alkanes of at least 4 members (excludes halogenated alkanes) is 10. The molecule has 0 aliphatic carbocycles. The topological polar surface area (TPSA) is 63.3 Å². The van der Waals surface area contributed by atoms with Crippen LogP contribution in [0, 0.1) is 0 Å². The molecule has 0 radical (unpaired) electrons. The number of carbonyl (C=O) groups is 1. The van der Waals surface area contributed by atoms with Crippen LogP contribution in [0.15, 0.2) is 12.2 Å². The van der Waals surface area contributed by atoms with E-state index < -0.39 is 12.0 Å². The maximum Gasteiger partial charge on any atom is 0.246 e. The van der Waals surface area contributed by atoms with Crippen LogP contribution in [0.2, 0.25) is 0 Å². The SMILES string of the molecule is CCCCCCCCC=CCCCCCCC(O)C(N)=O. The minimum atomic E-state index is -0.956. The fraction of sp³-hybridized carbons (Fsp3) is 0.833. The molecule has 0 aromatic carbocycles. The Morgan fingerprint density at radius 2 is 1.38 bits per heavy atom. The fourth-order valence-electron chi connectivity index (χ4n) is 2.37. The summed E-state index contributed by atoms with van der Waals surface area (Å²) < 4.78 is 0. The van der Waals surface area contributed by atoms with Gasteiger partial charge < -0.3 is 10.8 Å². The quantitative estimate of drug-likeness (QED) is 0.346. The molecule has 0 fully saturated rings. The summed E-state index contributed by atoms with van der Waals surface area (Å²) in [4.78, 5) is 10.6. The van der Waals surface area contributed by atoms with E-state index in [-0.39, 0.29) is 0 Å². The predicted octanol–water partition coefficient (Wildman–Crippen LogP) is 4.48. The number of carbonyl (C=O) groups excluding carboxylic acids is 1. The molecule has 3 heteroatoms. The second-order valence-corrected chi connectivity index (χ2v) is 5.94. The van der Waals surface area contributed by atoms with E-state index in [1.165, 1.54) is 51.4 Å². The minimum Gasteiger partial charge on any atom is -0.383 e. The number of aliphatic hydroxyl groups is 1. The first kappa shape index (κ1) is 20.2. The molecule has 0 saturated carbocycles. The average Bonchev–Trinajstić information content (AvgIpc) is 2.47. The summed E-state index contributed by atoms with van der Waals surface area (Å²) in [5.74, 6) is -0.604. The number of aliphatic hydroxyl groups excluding tert-OH is 1. The van der Waals surface area contributed by atoms with Gasteiger partial charge in [-0.3, -0.25) is 4.79 Å². The summed E-state index contributed by atoms with van der Waals surface area (Å²) in [6, 6.07) is 0. The molecule has 0 spiro atoms. The Kier molecular flexibility index (Phi) is 14.9. The van der Waals surface area contributed by atoms with Crippen LogP contribution in [-0.2, 0) is 4.79 Å². The molecule has 1 unspecified atom stereocenters. The summed E-state index contributed by atoms with van der Waals surface area (Å²) in [6.45, 7) is 2.25. The van der Waals surface area contributed by atoms with E-state index in [4.69, 9.17) is 5.73 Å². The van der Waals surface area contributed by atoms with Crippen molar-refractivity contribution in [2.24, 2.45) is 5.73 Å². The highest BCUT2D eigenvalue weighted by molar-refractivity contribution is 5.78. The van der Waals surface area contributed by atoms with Gasteiger partial charge >= 0.3 is 0 Å². The molecule has 1 atom stereocenters. The Labute approximate surface area is 131 Å². The lowest BCUT2D eigenvalue weighted by Gasteiger charge is -2.05. The molecular formula is C18H35NO2. The molecule has 21 heavy (non-hydrogen) atoms. The summed E-state index contributed by atoms with van der Waals surface area (Å²) in [7, 11) is 0. The molecule has 0 heterocycles. The van der Waals surface area contributed by atoms with Crippen LogP contribution in [0.4, 0.5) is 0 Å². The van der Waals surface area contributed by atoms with Gasteiger partial charge in [-0.25, -0.2) is 0 Å². The molecule has 124 valence electrons. The summed E-state index contributed by atoms with van der Waals surface area (Å²) in [5, 5.41) is 9.23. The number of amides is 1. The van der Waals surface area contributed by atoms with Crippen molar-refractivity contribution in [3.8, 4) is 0 Å². The lowest BCUT2D eigenvalue weighted by atomic mass is 10.1. The molecule has 0 aromatic rings. The van der Waals surface area contributed by atoms with Crippen molar-refractivity contribution in [3.05, 3.63) is 12.2 Å². The molecular weight excluding hydrogens is 262 g/mol. The first-order chi connectivity index (χ1) is 10.2. The minimum absolute atomic E-state index is 0.503. The van der Waals surface area contributed by atoms with Gasteiger partial charge in [-0.1, -0.05) is 70.4 Å². The van der Waals surface area contributed by atoms with Gasteiger partial charge in [0.1, 0.15) is 6.10 Å². The standard InChI is InChI=1S/C18H35NO2/c1-2-3-4-5-6-7-8-9-10-11-12-13-14-15-16-17(20)18(19)21/h9-10,17,20H,2-8,11-16H2,1H3,(H2,19,21). The zero-order valence-electron chi connectivity index (χ0n) is 13.9. The first-order valence-electron chi connectivity index (χ1n) is 8.80. The van der Waals surface area contributed by atoms with Crippen molar-refractivity contribution >= 4 is 5.91 Å². The number of allylic oxidation sites excluding steroid dienone is 2. The number of primary amides is 1. The maximum absolute atomic E-state index is 10.6. The number of hydrogen-bond acceptors (Lipinski definition) is 2.